The van der Waals surface area contributed by atoms with E-state index in [0.29, 0.717) is 0 Å². The molecule has 0 heterocycles. The van der Waals surface area contributed by atoms with Gasteiger partial charge in [0.15, 0.2) is 0 Å². The molecule has 0 radical (unpaired) electrons. The molecule has 0 aliphatic heterocycles. The van der Waals surface area contributed by atoms with E-state index in [1.807, 2.05) is 0 Å². The molecule has 4 heteroatoms. The average molecular weight is 179 g/mol. The van der Waals surface area contributed by atoms with Crippen molar-refractivity contribution in [1.29, 1.82) is 0 Å². The Morgan fingerprint density at radius 3 is 2.42 bits per heavy atom. The van der Waals surface area contributed by atoms with E-state index < -0.39 is 11.9 Å². The summed E-state index contributed by atoms with van der Waals surface area (Å²) in [6.07, 6.45) is -1.57. The third-order valence-electron chi connectivity index (χ3n) is 1.44. The minimum Gasteiger partial charge on any atom is -0.395 e. The van der Waals surface area contributed by atoms with Gasteiger partial charge in [0.05, 0.1) is 0 Å². The Morgan fingerprint density at radius 2 is 2.08 bits per heavy atom. The largest absolute Gasteiger partial charge is 0.430 e. The molecule has 12 heavy (non-hydrogen) atoms. The molecule has 0 saturated heterocycles. The number of allylic oxidation sites excluding steroid dienone is 3. The molecule has 2 N–H and O–H groups in total. The van der Waals surface area contributed by atoms with Gasteiger partial charge in [0, 0.05) is 0 Å². The van der Waals surface area contributed by atoms with Crippen LogP contribution in [-0.2, 0) is 0 Å². The van der Waals surface area contributed by atoms with Gasteiger partial charge in [-0.2, -0.15) is 13.2 Å². The maximum Gasteiger partial charge on any atom is 0.430 e. The second-order valence-electron chi connectivity index (χ2n) is 2.61. The van der Waals surface area contributed by atoms with Crippen molar-refractivity contribution < 1.29 is 13.2 Å². The van der Waals surface area contributed by atoms with Crippen LogP contribution in [0.1, 0.15) is 13.3 Å². The number of nitrogens with two attached hydrogens (primary N) is 1. The smallest absolute Gasteiger partial charge is 0.395 e. The molecule has 0 saturated carbocycles. The zero-order chi connectivity index (χ0) is 9.78. The maximum atomic E-state index is 11.8. The van der Waals surface area contributed by atoms with E-state index in [1.54, 1.807) is 13.0 Å². The summed E-state index contributed by atoms with van der Waals surface area (Å²) < 4.78 is 35.4. The summed E-state index contributed by atoms with van der Waals surface area (Å²) in [5.41, 5.74) is 3.72. The molecule has 0 aliphatic rings. The lowest BCUT2D eigenvalue weighted by Crippen LogP contribution is -2.19. The number of hydrogen-bond acceptors (Lipinski definition) is 1. The van der Waals surface area contributed by atoms with Crippen molar-refractivity contribution in [2.24, 2.45) is 11.7 Å². The van der Waals surface area contributed by atoms with Crippen LogP contribution >= 0.6 is 0 Å². The molecule has 0 bridgehead atoms. The summed E-state index contributed by atoms with van der Waals surface area (Å²) in [6, 6.07) is 0. The minimum absolute atomic E-state index is 0.0194. The predicted octanol–water partition coefficient (Wildman–Crippen LogP) is 2.60. The minimum atomic E-state index is -4.40. The maximum absolute atomic E-state index is 11.8. The zero-order valence-electron chi connectivity index (χ0n) is 6.86. The fraction of sp³-hybridized carbons (Fsp3) is 0.500. The molecule has 0 fully saturated rings. The molecular formula is C8H12F3N. The molecule has 70 valence electrons. The van der Waals surface area contributed by atoms with Gasteiger partial charge in [-0.25, -0.2) is 0 Å². The van der Waals surface area contributed by atoms with Gasteiger partial charge >= 0.3 is 6.18 Å². The summed E-state index contributed by atoms with van der Waals surface area (Å²) in [5.74, 6) is 0.0194. The van der Waals surface area contributed by atoms with Crippen LogP contribution in [0.2, 0.25) is 0 Å². The second-order valence-corrected chi connectivity index (χ2v) is 2.61. The van der Waals surface area contributed by atoms with Gasteiger partial charge in [-0.3, -0.25) is 0 Å². The fourth-order valence-electron chi connectivity index (χ4n) is 0.525. The molecular weight excluding hydrogens is 167 g/mol. The quantitative estimate of drug-likeness (QED) is 0.662. The van der Waals surface area contributed by atoms with Crippen molar-refractivity contribution in [3.63, 3.8) is 0 Å². The van der Waals surface area contributed by atoms with Gasteiger partial charge in [-0.1, -0.05) is 19.1 Å². The predicted molar refractivity (Wildman–Crippen MR) is 42.3 cm³/mol. The Hall–Kier alpha value is -0.930. The van der Waals surface area contributed by atoms with E-state index in [2.05, 4.69) is 6.58 Å². The average Bonchev–Trinajstić information content (AvgIpc) is 1.97. The molecule has 0 aliphatic carbocycles. The first-order valence-corrected chi connectivity index (χ1v) is 3.53. The van der Waals surface area contributed by atoms with Crippen LogP contribution in [0.4, 0.5) is 13.2 Å². The van der Waals surface area contributed by atoms with Crippen LogP contribution < -0.4 is 5.73 Å². The van der Waals surface area contributed by atoms with Crippen LogP contribution in [0.25, 0.3) is 0 Å². The summed E-state index contributed by atoms with van der Waals surface area (Å²) in [5, 5.41) is 0. The van der Waals surface area contributed by atoms with E-state index in [9.17, 15) is 13.2 Å². The van der Waals surface area contributed by atoms with Crippen LogP contribution in [0.15, 0.2) is 24.4 Å². The lowest BCUT2D eigenvalue weighted by Gasteiger charge is -2.07. The fourth-order valence-corrected chi connectivity index (χ4v) is 0.525. The highest BCUT2D eigenvalue weighted by molar-refractivity contribution is 5.04. The third kappa shape index (κ3) is 4.05. The highest BCUT2D eigenvalue weighted by atomic mass is 19.4. The Balaban J connectivity index is 4.10. The number of rotatable bonds is 3. The molecule has 1 unspecified atom stereocenters. The van der Waals surface area contributed by atoms with Crippen molar-refractivity contribution >= 4 is 0 Å². The molecule has 0 spiro atoms. The lowest BCUT2D eigenvalue weighted by atomic mass is 10.1. The van der Waals surface area contributed by atoms with Gasteiger partial charge in [0.2, 0.25) is 0 Å². The number of hydrogen-bond donors (Lipinski definition) is 1. The lowest BCUT2D eigenvalue weighted by molar-refractivity contribution is -0.0929. The Bertz CT molecular complexity index is 181. The summed E-state index contributed by atoms with van der Waals surface area (Å²) in [7, 11) is 0. The van der Waals surface area contributed by atoms with Gasteiger partial charge in [-0.05, 0) is 12.3 Å². The summed E-state index contributed by atoms with van der Waals surface area (Å²) in [4.78, 5) is 0. The standard InChI is InChI=1S/C8H12F3N/c1-3-6(2)4-5-7(12)8(9,10)11/h3,5-6H,1,4,12H2,2H3/b7-5-. The Kier molecular flexibility index (Phi) is 3.86. The monoisotopic (exact) mass is 179 g/mol. The Morgan fingerprint density at radius 1 is 1.58 bits per heavy atom. The van der Waals surface area contributed by atoms with Crippen LogP contribution in [-0.4, -0.2) is 6.18 Å². The summed E-state index contributed by atoms with van der Waals surface area (Å²) in [6.45, 7) is 5.22. The van der Waals surface area contributed by atoms with Crippen LogP contribution in [0, 0.1) is 5.92 Å². The molecule has 1 atom stereocenters. The third-order valence-corrected chi connectivity index (χ3v) is 1.44. The molecule has 1 nitrogen and oxygen atoms in total. The molecule has 0 aromatic rings. The first kappa shape index (κ1) is 11.1. The first-order chi connectivity index (χ1) is 5.38. The molecule has 0 aromatic carbocycles. The number of alkyl halides is 3. The van der Waals surface area contributed by atoms with Gasteiger partial charge in [0.1, 0.15) is 5.70 Å². The van der Waals surface area contributed by atoms with E-state index >= 15 is 0 Å². The van der Waals surface area contributed by atoms with Gasteiger partial charge < -0.3 is 5.73 Å². The van der Waals surface area contributed by atoms with Crippen LogP contribution in [0.5, 0.6) is 0 Å². The van der Waals surface area contributed by atoms with E-state index in [-0.39, 0.29) is 12.3 Å². The van der Waals surface area contributed by atoms with E-state index in [1.165, 1.54) is 0 Å². The van der Waals surface area contributed by atoms with Gasteiger partial charge in [-0.15, -0.1) is 6.58 Å². The Labute approximate surface area is 69.8 Å². The molecule has 0 aromatic heterocycles. The topological polar surface area (TPSA) is 26.0 Å². The highest BCUT2D eigenvalue weighted by Crippen LogP contribution is 2.22. The van der Waals surface area contributed by atoms with Crippen LogP contribution in [0.3, 0.4) is 0 Å². The molecule has 0 amide bonds. The molecule has 0 rings (SSSR count). The number of halogens is 3. The van der Waals surface area contributed by atoms with Crippen molar-refractivity contribution in [1.82, 2.24) is 0 Å². The van der Waals surface area contributed by atoms with Crippen molar-refractivity contribution in [3.8, 4) is 0 Å². The second kappa shape index (κ2) is 4.18. The first-order valence-electron chi connectivity index (χ1n) is 3.53. The van der Waals surface area contributed by atoms with Gasteiger partial charge in [0.25, 0.3) is 0 Å². The SMILES string of the molecule is C=CC(C)C/C=C(\N)C(F)(F)F. The normalized spacial score (nSPS) is 15.8. The summed E-state index contributed by atoms with van der Waals surface area (Å²) >= 11 is 0. The van der Waals surface area contributed by atoms with E-state index in [0.717, 1.165) is 6.08 Å². The van der Waals surface area contributed by atoms with Crippen molar-refractivity contribution in [3.05, 3.63) is 24.4 Å². The zero-order valence-corrected chi connectivity index (χ0v) is 6.86. The van der Waals surface area contributed by atoms with E-state index in [4.69, 9.17) is 5.73 Å². The van der Waals surface area contributed by atoms with Crippen molar-refractivity contribution in [2.75, 3.05) is 0 Å². The highest BCUT2D eigenvalue weighted by Gasteiger charge is 2.30. The van der Waals surface area contributed by atoms with Crippen molar-refractivity contribution in [2.45, 2.75) is 19.5 Å².